The molecule has 2 N–H and O–H groups in total. The van der Waals surface area contributed by atoms with Gasteiger partial charge in [0.15, 0.2) is 0 Å². The summed E-state index contributed by atoms with van der Waals surface area (Å²) < 4.78 is 5.29. The fourth-order valence-electron chi connectivity index (χ4n) is 2.85. The number of nitrogens with one attached hydrogen (secondary N) is 1. The quantitative estimate of drug-likeness (QED) is 0.884. The third-order valence-corrected chi connectivity index (χ3v) is 4.26. The van der Waals surface area contributed by atoms with Crippen LogP contribution < -0.4 is 5.32 Å². The molecule has 21 heavy (non-hydrogen) atoms. The standard InChI is InChI=1S/C16H21N3O2/c1-12-4-6-13(7-5-12)15-18-14(21-19-15)10-17-16(11-20)8-2-3-9-16/h4-7,17,20H,2-3,8-11H2,1H3. The van der Waals surface area contributed by atoms with Crippen molar-refractivity contribution in [1.82, 2.24) is 15.5 Å². The Hall–Kier alpha value is -1.72. The molecule has 0 aliphatic heterocycles. The van der Waals surface area contributed by atoms with Crippen LogP contribution in [0.25, 0.3) is 11.4 Å². The highest BCUT2D eigenvalue weighted by Crippen LogP contribution is 2.29. The summed E-state index contributed by atoms with van der Waals surface area (Å²) in [5.41, 5.74) is 1.99. The minimum absolute atomic E-state index is 0.159. The molecule has 1 saturated carbocycles. The van der Waals surface area contributed by atoms with Crippen LogP contribution in [0.1, 0.15) is 37.1 Å². The van der Waals surface area contributed by atoms with Crippen molar-refractivity contribution in [2.45, 2.75) is 44.7 Å². The van der Waals surface area contributed by atoms with E-state index in [2.05, 4.69) is 15.5 Å². The maximum absolute atomic E-state index is 9.57. The number of benzene rings is 1. The van der Waals surface area contributed by atoms with Crippen LogP contribution in [0, 0.1) is 6.92 Å². The van der Waals surface area contributed by atoms with Crippen LogP contribution in [0.3, 0.4) is 0 Å². The van der Waals surface area contributed by atoms with Gasteiger partial charge in [0.05, 0.1) is 13.2 Å². The van der Waals surface area contributed by atoms with E-state index in [1.807, 2.05) is 31.2 Å². The number of rotatable bonds is 5. The SMILES string of the molecule is Cc1ccc(-c2noc(CNC3(CO)CCCC3)n2)cc1. The van der Waals surface area contributed by atoms with Crippen LogP contribution in [0.15, 0.2) is 28.8 Å². The summed E-state index contributed by atoms with van der Waals surface area (Å²) in [5.74, 6) is 1.17. The normalized spacial score (nSPS) is 17.2. The van der Waals surface area contributed by atoms with E-state index in [0.717, 1.165) is 31.2 Å². The van der Waals surface area contributed by atoms with Gasteiger partial charge in [0, 0.05) is 11.1 Å². The molecule has 3 rings (SSSR count). The molecular weight excluding hydrogens is 266 g/mol. The Morgan fingerprint density at radius 3 is 2.62 bits per heavy atom. The molecule has 2 aromatic rings. The molecule has 5 heteroatoms. The molecule has 1 fully saturated rings. The van der Waals surface area contributed by atoms with E-state index in [1.54, 1.807) is 0 Å². The summed E-state index contributed by atoms with van der Waals surface area (Å²) >= 11 is 0. The van der Waals surface area contributed by atoms with Gasteiger partial charge >= 0.3 is 0 Å². The summed E-state index contributed by atoms with van der Waals surface area (Å²) in [5, 5.41) is 17.0. The first-order valence-electron chi connectivity index (χ1n) is 7.46. The van der Waals surface area contributed by atoms with Crippen molar-refractivity contribution in [3.8, 4) is 11.4 Å². The second-order valence-corrected chi connectivity index (χ2v) is 5.88. The van der Waals surface area contributed by atoms with E-state index in [0.29, 0.717) is 18.3 Å². The Kier molecular flexibility index (Phi) is 4.03. The lowest BCUT2D eigenvalue weighted by molar-refractivity contribution is 0.158. The van der Waals surface area contributed by atoms with Crippen LogP contribution in [0.2, 0.25) is 0 Å². The fraction of sp³-hybridized carbons (Fsp3) is 0.500. The summed E-state index contributed by atoms with van der Waals surface area (Å²) in [4.78, 5) is 4.41. The first kappa shape index (κ1) is 14.2. The molecule has 0 atom stereocenters. The highest BCUT2D eigenvalue weighted by atomic mass is 16.5. The van der Waals surface area contributed by atoms with Gasteiger partial charge in [-0.25, -0.2) is 0 Å². The van der Waals surface area contributed by atoms with E-state index < -0.39 is 0 Å². The van der Waals surface area contributed by atoms with Gasteiger partial charge in [0.2, 0.25) is 11.7 Å². The number of aromatic nitrogens is 2. The largest absolute Gasteiger partial charge is 0.394 e. The second kappa shape index (κ2) is 5.95. The van der Waals surface area contributed by atoms with E-state index >= 15 is 0 Å². The lowest BCUT2D eigenvalue weighted by atomic mass is 9.99. The maximum Gasteiger partial charge on any atom is 0.240 e. The third-order valence-electron chi connectivity index (χ3n) is 4.26. The molecule has 0 amide bonds. The Morgan fingerprint density at radius 1 is 1.24 bits per heavy atom. The van der Waals surface area contributed by atoms with Gasteiger partial charge in [-0.15, -0.1) is 0 Å². The van der Waals surface area contributed by atoms with Gasteiger partial charge in [-0.05, 0) is 19.8 Å². The zero-order chi connectivity index (χ0) is 14.7. The predicted octanol–water partition coefficient (Wildman–Crippen LogP) is 2.44. The molecule has 112 valence electrons. The van der Waals surface area contributed by atoms with E-state index in [9.17, 15) is 5.11 Å². The van der Waals surface area contributed by atoms with Crippen molar-refractivity contribution in [3.05, 3.63) is 35.7 Å². The van der Waals surface area contributed by atoms with Gasteiger partial charge in [0.25, 0.3) is 0 Å². The van der Waals surface area contributed by atoms with Crippen LogP contribution >= 0.6 is 0 Å². The minimum Gasteiger partial charge on any atom is -0.394 e. The van der Waals surface area contributed by atoms with Gasteiger partial charge in [0.1, 0.15) is 0 Å². The van der Waals surface area contributed by atoms with Gasteiger partial charge in [-0.1, -0.05) is 47.8 Å². The molecule has 0 bridgehead atoms. The summed E-state index contributed by atoms with van der Waals surface area (Å²) in [6.45, 7) is 2.71. The number of aryl methyl sites for hydroxylation is 1. The minimum atomic E-state index is -0.168. The zero-order valence-electron chi connectivity index (χ0n) is 12.3. The predicted molar refractivity (Wildman–Crippen MR) is 79.6 cm³/mol. The summed E-state index contributed by atoms with van der Waals surface area (Å²) in [6, 6.07) is 8.04. The van der Waals surface area contributed by atoms with Gasteiger partial charge in [-0.3, -0.25) is 0 Å². The monoisotopic (exact) mass is 287 g/mol. The molecule has 1 aliphatic rings. The molecule has 0 saturated heterocycles. The first-order valence-corrected chi connectivity index (χ1v) is 7.46. The number of aliphatic hydroxyl groups excluding tert-OH is 1. The molecule has 5 nitrogen and oxygen atoms in total. The molecule has 0 spiro atoms. The number of aliphatic hydroxyl groups is 1. The van der Waals surface area contributed by atoms with E-state index in [-0.39, 0.29) is 12.1 Å². The van der Waals surface area contributed by atoms with Crippen molar-refractivity contribution in [2.24, 2.45) is 0 Å². The van der Waals surface area contributed by atoms with E-state index in [1.165, 1.54) is 5.56 Å². The van der Waals surface area contributed by atoms with Crippen LogP contribution in [0.4, 0.5) is 0 Å². The van der Waals surface area contributed by atoms with Gasteiger partial charge in [-0.2, -0.15) is 4.98 Å². The highest BCUT2D eigenvalue weighted by Gasteiger charge is 2.32. The average molecular weight is 287 g/mol. The number of hydrogen-bond donors (Lipinski definition) is 2. The number of nitrogens with zero attached hydrogens (tertiary/aromatic N) is 2. The highest BCUT2D eigenvalue weighted by molar-refractivity contribution is 5.54. The smallest absolute Gasteiger partial charge is 0.240 e. The molecular formula is C16H21N3O2. The van der Waals surface area contributed by atoms with Crippen molar-refractivity contribution in [1.29, 1.82) is 0 Å². The second-order valence-electron chi connectivity index (χ2n) is 5.88. The summed E-state index contributed by atoms with van der Waals surface area (Å²) in [7, 11) is 0. The van der Waals surface area contributed by atoms with Crippen LogP contribution in [-0.4, -0.2) is 27.4 Å². The third kappa shape index (κ3) is 3.14. The lowest BCUT2D eigenvalue weighted by Gasteiger charge is -2.27. The van der Waals surface area contributed by atoms with Gasteiger partial charge < -0.3 is 14.9 Å². The fourth-order valence-corrected chi connectivity index (χ4v) is 2.85. The average Bonchev–Trinajstić information content (AvgIpc) is 3.16. The Morgan fingerprint density at radius 2 is 1.95 bits per heavy atom. The Balaban J connectivity index is 1.66. The molecule has 1 aliphatic carbocycles. The molecule has 1 aromatic carbocycles. The van der Waals surface area contributed by atoms with Crippen molar-refractivity contribution in [2.75, 3.05) is 6.61 Å². The lowest BCUT2D eigenvalue weighted by Crippen LogP contribution is -2.45. The molecule has 1 heterocycles. The van der Waals surface area contributed by atoms with E-state index in [4.69, 9.17) is 4.52 Å². The zero-order valence-corrected chi connectivity index (χ0v) is 12.3. The van der Waals surface area contributed by atoms with Crippen molar-refractivity contribution < 1.29 is 9.63 Å². The summed E-state index contributed by atoms with van der Waals surface area (Å²) in [6.07, 6.45) is 4.32. The first-order chi connectivity index (χ1) is 10.2. The Labute approximate surface area is 124 Å². The van der Waals surface area contributed by atoms with Crippen molar-refractivity contribution in [3.63, 3.8) is 0 Å². The topological polar surface area (TPSA) is 71.2 Å². The Bertz CT molecular complexity index is 586. The van der Waals surface area contributed by atoms with Crippen LogP contribution in [0.5, 0.6) is 0 Å². The van der Waals surface area contributed by atoms with Crippen molar-refractivity contribution >= 4 is 0 Å². The number of hydrogen-bond acceptors (Lipinski definition) is 5. The maximum atomic E-state index is 9.57. The molecule has 1 aromatic heterocycles. The molecule has 0 unspecified atom stereocenters. The van der Waals surface area contributed by atoms with Crippen LogP contribution in [-0.2, 0) is 6.54 Å². The molecule has 0 radical (unpaired) electrons.